The Kier molecular flexibility index (Phi) is 5.02. The average molecular weight is 296 g/mol. The maximum atomic E-state index is 11.1. The standard InChI is InChI=1S/C15H22ClN3O/c1-10(17)15(12-3-5-13(16)6-4-12)19-8-7-14(9-19)18-11(2)20/h3-6,10,14-15H,7-9,17H2,1-2H3,(H,18,20). The SMILES string of the molecule is CC(=O)NC1CCN(C(c2ccc(Cl)cc2)C(C)N)C1. The van der Waals surface area contributed by atoms with Crippen LogP contribution in [0.25, 0.3) is 0 Å². The molecule has 1 aliphatic heterocycles. The molecular formula is C15H22ClN3O. The minimum absolute atomic E-state index is 0.0206. The summed E-state index contributed by atoms with van der Waals surface area (Å²) in [4.78, 5) is 13.5. The maximum absolute atomic E-state index is 11.1. The van der Waals surface area contributed by atoms with E-state index in [2.05, 4.69) is 10.2 Å². The van der Waals surface area contributed by atoms with E-state index in [0.29, 0.717) is 0 Å². The first kappa shape index (κ1) is 15.3. The number of nitrogens with two attached hydrogens (primary N) is 1. The van der Waals surface area contributed by atoms with Crippen molar-refractivity contribution in [3.05, 3.63) is 34.9 Å². The molecule has 1 amide bonds. The Labute approximate surface area is 125 Å². The maximum Gasteiger partial charge on any atom is 0.217 e. The molecule has 110 valence electrons. The Balaban J connectivity index is 2.10. The van der Waals surface area contributed by atoms with Crippen LogP contribution in [-0.2, 0) is 4.79 Å². The van der Waals surface area contributed by atoms with Gasteiger partial charge in [-0.25, -0.2) is 0 Å². The van der Waals surface area contributed by atoms with Gasteiger partial charge in [-0.2, -0.15) is 0 Å². The minimum Gasteiger partial charge on any atom is -0.352 e. The smallest absolute Gasteiger partial charge is 0.217 e. The number of hydrogen-bond donors (Lipinski definition) is 2. The number of hydrogen-bond acceptors (Lipinski definition) is 3. The lowest BCUT2D eigenvalue weighted by Crippen LogP contribution is -2.41. The summed E-state index contributed by atoms with van der Waals surface area (Å²) >= 11 is 5.94. The summed E-state index contributed by atoms with van der Waals surface area (Å²) in [5.74, 6) is 0.0284. The van der Waals surface area contributed by atoms with Crippen LogP contribution in [0.4, 0.5) is 0 Å². The normalized spacial score (nSPS) is 22.5. The van der Waals surface area contributed by atoms with Crippen LogP contribution < -0.4 is 11.1 Å². The van der Waals surface area contributed by atoms with Gasteiger partial charge >= 0.3 is 0 Å². The van der Waals surface area contributed by atoms with Crippen molar-refractivity contribution in [1.29, 1.82) is 0 Å². The van der Waals surface area contributed by atoms with Gasteiger partial charge in [-0.05, 0) is 31.0 Å². The van der Waals surface area contributed by atoms with Gasteiger partial charge < -0.3 is 11.1 Å². The monoisotopic (exact) mass is 295 g/mol. The lowest BCUT2D eigenvalue weighted by atomic mass is 9.99. The quantitative estimate of drug-likeness (QED) is 0.892. The Morgan fingerprint density at radius 3 is 2.65 bits per heavy atom. The van der Waals surface area contributed by atoms with Gasteiger partial charge in [0.25, 0.3) is 0 Å². The highest BCUT2D eigenvalue weighted by Gasteiger charge is 2.31. The largest absolute Gasteiger partial charge is 0.352 e. The predicted molar refractivity (Wildman–Crippen MR) is 81.6 cm³/mol. The molecule has 4 nitrogen and oxygen atoms in total. The summed E-state index contributed by atoms with van der Waals surface area (Å²) < 4.78 is 0. The van der Waals surface area contributed by atoms with Gasteiger partial charge in [-0.3, -0.25) is 9.69 Å². The Hall–Kier alpha value is -1.10. The third-order valence-electron chi connectivity index (χ3n) is 3.73. The third kappa shape index (κ3) is 3.72. The van der Waals surface area contributed by atoms with E-state index in [-0.39, 0.29) is 24.0 Å². The van der Waals surface area contributed by atoms with Crippen molar-refractivity contribution in [2.75, 3.05) is 13.1 Å². The van der Waals surface area contributed by atoms with Crippen LogP contribution in [0.5, 0.6) is 0 Å². The van der Waals surface area contributed by atoms with Gasteiger partial charge in [0.2, 0.25) is 5.91 Å². The van der Waals surface area contributed by atoms with Crippen molar-refractivity contribution in [3.63, 3.8) is 0 Å². The van der Waals surface area contributed by atoms with Gasteiger partial charge in [-0.1, -0.05) is 23.7 Å². The highest BCUT2D eigenvalue weighted by atomic mass is 35.5. The molecule has 0 radical (unpaired) electrons. The van der Waals surface area contributed by atoms with Crippen LogP contribution >= 0.6 is 11.6 Å². The van der Waals surface area contributed by atoms with Crippen molar-refractivity contribution in [2.24, 2.45) is 5.73 Å². The zero-order valence-electron chi connectivity index (χ0n) is 12.0. The van der Waals surface area contributed by atoms with E-state index in [1.165, 1.54) is 5.56 Å². The molecule has 1 aromatic rings. The highest BCUT2D eigenvalue weighted by molar-refractivity contribution is 6.30. The van der Waals surface area contributed by atoms with Crippen molar-refractivity contribution in [1.82, 2.24) is 10.2 Å². The first-order valence-corrected chi connectivity index (χ1v) is 7.37. The highest BCUT2D eigenvalue weighted by Crippen LogP contribution is 2.28. The molecule has 2 rings (SSSR count). The van der Waals surface area contributed by atoms with E-state index in [1.807, 2.05) is 31.2 Å². The number of halogens is 1. The molecule has 0 bridgehead atoms. The topological polar surface area (TPSA) is 58.4 Å². The molecule has 1 aromatic carbocycles. The van der Waals surface area contributed by atoms with E-state index < -0.39 is 0 Å². The van der Waals surface area contributed by atoms with Crippen molar-refractivity contribution in [3.8, 4) is 0 Å². The molecular weight excluding hydrogens is 274 g/mol. The zero-order chi connectivity index (χ0) is 14.7. The fourth-order valence-electron chi connectivity index (χ4n) is 2.95. The molecule has 0 spiro atoms. The third-order valence-corrected chi connectivity index (χ3v) is 3.98. The summed E-state index contributed by atoms with van der Waals surface area (Å²) in [5.41, 5.74) is 7.35. The fourth-order valence-corrected chi connectivity index (χ4v) is 3.08. The zero-order valence-corrected chi connectivity index (χ0v) is 12.7. The van der Waals surface area contributed by atoms with Gasteiger partial charge in [0.1, 0.15) is 0 Å². The molecule has 5 heteroatoms. The van der Waals surface area contributed by atoms with Gasteiger partial charge in [-0.15, -0.1) is 0 Å². The second-order valence-corrected chi connectivity index (χ2v) is 5.97. The van der Waals surface area contributed by atoms with E-state index in [9.17, 15) is 4.79 Å². The second-order valence-electron chi connectivity index (χ2n) is 5.54. The first-order valence-electron chi connectivity index (χ1n) is 6.99. The number of nitrogens with zero attached hydrogens (tertiary/aromatic N) is 1. The summed E-state index contributed by atoms with van der Waals surface area (Å²) in [6, 6.07) is 8.25. The van der Waals surface area contributed by atoms with Gasteiger partial charge in [0.15, 0.2) is 0 Å². The van der Waals surface area contributed by atoms with Crippen LogP contribution in [-0.4, -0.2) is 36.0 Å². The number of carbonyl (C=O) groups is 1. The summed E-state index contributed by atoms with van der Waals surface area (Å²) in [6.45, 7) is 5.37. The number of nitrogens with one attached hydrogen (secondary N) is 1. The molecule has 1 heterocycles. The first-order chi connectivity index (χ1) is 9.47. The molecule has 0 saturated carbocycles. The molecule has 1 aliphatic rings. The lowest BCUT2D eigenvalue weighted by Gasteiger charge is -2.31. The van der Waals surface area contributed by atoms with E-state index in [1.54, 1.807) is 6.92 Å². The van der Waals surface area contributed by atoms with E-state index in [4.69, 9.17) is 17.3 Å². The number of likely N-dealkylation sites (tertiary alicyclic amines) is 1. The Morgan fingerprint density at radius 1 is 1.45 bits per heavy atom. The fraction of sp³-hybridized carbons (Fsp3) is 0.533. The van der Waals surface area contributed by atoms with Gasteiger partial charge in [0, 0.05) is 43.2 Å². The van der Waals surface area contributed by atoms with Crippen molar-refractivity contribution < 1.29 is 4.79 Å². The molecule has 3 unspecified atom stereocenters. The van der Waals surface area contributed by atoms with Crippen LogP contribution in [0.3, 0.4) is 0 Å². The average Bonchev–Trinajstić information content (AvgIpc) is 2.79. The van der Waals surface area contributed by atoms with Crippen LogP contribution in [0.15, 0.2) is 24.3 Å². The number of rotatable bonds is 4. The molecule has 0 aliphatic carbocycles. The van der Waals surface area contributed by atoms with E-state index >= 15 is 0 Å². The number of benzene rings is 1. The molecule has 1 saturated heterocycles. The van der Waals surface area contributed by atoms with Gasteiger partial charge in [0.05, 0.1) is 0 Å². The summed E-state index contributed by atoms with van der Waals surface area (Å²) in [7, 11) is 0. The second kappa shape index (κ2) is 6.57. The lowest BCUT2D eigenvalue weighted by molar-refractivity contribution is -0.119. The molecule has 3 N–H and O–H groups in total. The Morgan fingerprint density at radius 2 is 2.10 bits per heavy atom. The minimum atomic E-state index is 0.0206. The predicted octanol–water partition coefficient (Wildman–Crippen LogP) is 1.94. The molecule has 1 fully saturated rings. The molecule has 3 atom stereocenters. The van der Waals surface area contributed by atoms with E-state index in [0.717, 1.165) is 24.5 Å². The van der Waals surface area contributed by atoms with Crippen molar-refractivity contribution >= 4 is 17.5 Å². The molecule has 0 aromatic heterocycles. The van der Waals surface area contributed by atoms with Crippen LogP contribution in [0.2, 0.25) is 5.02 Å². The summed E-state index contributed by atoms with van der Waals surface area (Å²) in [6.07, 6.45) is 0.969. The summed E-state index contributed by atoms with van der Waals surface area (Å²) in [5, 5.41) is 3.71. The number of amides is 1. The molecule has 20 heavy (non-hydrogen) atoms. The van der Waals surface area contributed by atoms with Crippen LogP contribution in [0, 0.1) is 0 Å². The Bertz CT molecular complexity index is 461. The van der Waals surface area contributed by atoms with Crippen LogP contribution in [0.1, 0.15) is 31.9 Å². The number of carbonyl (C=O) groups excluding carboxylic acids is 1. The van der Waals surface area contributed by atoms with Crippen molar-refractivity contribution in [2.45, 2.75) is 38.4 Å².